The smallest absolute Gasteiger partial charge is 0.260 e. The maximum atomic E-state index is 14.1. The average molecular weight is 1170 g/mol. The lowest BCUT2D eigenvalue weighted by atomic mass is 9.87. The minimum atomic E-state index is -0.356. The van der Waals surface area contributed by atoms with Gasteiger partial charge in [0.2, 0.25) is 0 Å². The Hall–Kier alpha value is -4.64. The third kappa shape index (κ3) is 16.8. The summed E-state index contributed by atoms with van der Waals surface area (Å²) in [7, 11) is 0. The largest absolute Gasteiger partial charge is 0.481 e. The van der Waals surface area contributed by atoms with E-state index in [1.165, 1.54) is 47.0 Å². The van der Waals surface area contributed by atoms with Crippen LogP contribution in [-0.4, -0.2) is 122 Å². The van der Waals surface area contributed by atoms with Gasteiger partial charge in [-0.25, -0.2) is 0 Å². The van der Waals surface area contributed by atoms with Gasteiger partial charge in [0.05, 0.1) is 39.2 Å². The zero-order valence-electron chi connectivity index (χ0n) is 51.8. The molecule has 12 nitrogen and oxygen atoms in total. The van der Waals surface area contributed by atoms with Gasteiger partial charge in [-0.05, 0) is 148 Å². The predicted molar refractivity (Wildman–Crippen MR) is 331 cm³/mol. The van der Waals surface area contributed by atoms with Crippen molar-refractivity contribution in [2.75, 3.05) is 78.8 Å². The van der Waals surface area contributed by atoms with Crippen LogP contribution in [0.1, 0.15) is 161 Å². The highest BCUT2D eigenvalue weighted by molar-refractivity contribution is 8.01. The first-order valence-electron chi connectivity index (χ1n) is 28.5. The quantitative estimate of drug-likeness (QED) is 0.0738. The summed E-state index contributed by atoms with van der Waals surface area (Å²) < 4.78 is 27.8. The van der Waals surface area contributed by atoms with Crippen LogP contribution in [0.4, 0.5) is 0 Å². The second-order valence-corrected chi connectivity index (χ2v) is 28.4. The fourth-order valence-electron chi connectivity index (χ4n) is 8.89. The zero-order chi connectivity index (χ0) is 59.7. The number of carbonyl (C=O) groups is 4. The van der Waals surface area contributed by atoms with Crippen LogP contribution in [0, 0.1) is 0 Å². The first kappa shape index (κ1) is 66.2. The Labute approximate surface area is 497 Å². The van der Waals surface area contributed by atoms with Gasteiger partial charge in [0.15, 0.2) is 26.4 Å². The molecule has 0 fully saturated rings. The molecular weight excluding hydrogens is 1080 g/mol. The molecule has 4 amide bonds. The number of benzene rings is 4. The minimum absolute atomic E-state index is 0.142. The minimum Gasteiger partial charge on any atom is -0.481 e. The van der Waals surface area contributed by atoms with Crippen LogP contribution in [-0.2, 0) is 40.8 Å². The molecule has 0 N–H and O–H groups in total. The van der Waals surface area contributed by atoms with E-state index in [2.05, 4.69) is 132 Å². The lowest BCUT2D eigenvalue weighted by molar-refractivity contribution is -0.133. The fourth-order valence-corrected chi connectivity index (χ4v) is 13.7. The topological polar surface area (TPSA) is 118 Å². The molecule has 1 aliphatic heterocycles. The molecule has 1 heterocycles. The number of fused-ring (bicyclic) bond motifs is 8. The molecule has 80 heavy (non-hydrogen) atoms. The molecule has 0 atom stereocenters. The Balaban J connectivity index is 2.07. The van der Waals surface area contributed by atoms with Crippen LogP contribution in [0.25, 0.3) is 0 Å². The molecule has 4 aromatic carbocycles. The highest BCUT2D eigenvalue weighted by Gasteiger charge is 2.32. The molecular formula is C64H92N4O8S4. The summed E-state index contributed by atoms with van der Waals surface area (Å²) in [6.45, 7) is 45.3. The summed E-state index contributed by atoms with van der Waals surface area (Å²) in [6.07, 6.45) is 0. The molecule has 8 bridgehead atoms. The van der Waals surface area contributed by atoms with Gasteiger partial charge in [0.25, 0.3) is 23.6 Å². The van der Waals surface area contributed by atoms with Crippen LogP contribution in [0.2, 0.25) is 0 Å². The zero-order valence-corrected chi connectivity index (χ0v) is 55.1. The number of carbonyl (C=O) groups excluding carboxylic acids is 4. The van der Waals surface area contributed by atoms with Crippen LogP contribution >= 0.6 is 47.0 Å². The summed E-state index contributed by atoms with van der Waals surface area (Å²) in [5, 5.41) is 0. The summed E-state index contributed by atoms with van der Waals surface area (Å²) in [6, 6.07) is 17.2. The van der Waals surface area contributed by atoms with E-state index < -0.39 is 0 Å². The lowest BCUT2D eigenvalue weighted by Gasteiger charge is -2.29. The van der Waals surface area contributed by atoms with Gasteiger partial charge in [0, 0.05) is 52.4 Å². The first-order valence-corrected chi connectivity index (χ1v) is 31.8. The third-order valence-corrected chi connectivity index (χ3v) is 18.4. The second kappa shape index (κ2) is 28.1. The highest BCUT2D eigenvalue weighted by atomic mass is 32.2. The van der Waals surface area contributed by atoms with Gasteiger partial charge in [0.1, 0.15) is 23.0 Å². The summed E-state index contributed by atoms with van der Waals surface area (Å²) >= 11 is 5.93. The van der Waals surface area contributed by atoms with E-state index in [1.54, 1.807) is 19.6 Å². The number of rotatable bonds is 20. The van der Waals surface area contributed by atoms with Gasteiger partial charge in [-0.15, -0.1) is 0 Å². The van der Waals surface area contributed by atoms with Gasteiger partial charge >= 0.3 is 0 Å². The maximum absolute atomic E-state index is 14.1. The van der Waals surface area contributed by atoms with E-state index in [9.17, 15) is 19.2 Å². The highest BCUT2D eigenvalue weighted by Crippen LogP contribution is 2.56. The van der Waals surface area contributed by atoms with E-state index in [1.807, 2.05) is 55.4 Å². The number of hydrogen-bond donors (Lipinski definition) is 0. The van der Waals surface area contributed by atoms with E-state index in [0.717, 1.165) is 61.4 Å². The molecule has 0 aromatic heterocycles. The maximum Gasteiger partial charge on any atom is 0.260 e. The van der Waals surface area contributed by atoms with E-state index in [0.29, 0.717) is 75.4 Å². The first-order chi connectivity index (χ1) is 37.5. The van der Waals surface area contributed by atoms with Crippen molar-refractivity contribution < 1.29 is 38.1 Å². The van der Waals surface area contributed by atoms with Gasteiger partial charge < -0.3 is 38.5 Å². The summed E-state index contributed by atoms with van der Waals surface area (Å²) in [5.74, 6) is 1.47. The molecule has 0 saturated heterocycles. The molecule has 5 rings (SSSR count). The Morgan fingerprint density at radius 3 is 0.550 bits per heavy atom. The Bertz CT molecular complexity index is 2350. The standard InChI is InChI=1S/C64H92N4O8S4/c1-21-65(22-2)53(69)37-73-57-45-29-41(61(9,10)11)30-46(57)78-48-32-43(63(15,16)17)34-50(59(48)75-39-55(71)67(25-5)26-6)80-52-36-44(64(18,19)20)35-51(60(52)76-40-56(72)68(27-7)28-8)79-49-33-42(62(12,13)14)31-47(77-45)58(49)74-38-54(70)66(23-3)24-4/h29-36H,21-28,37-40H2,1-20H3. The number of nitrogens with zero attached hydrogens (tertiary/aromatic N) is 4. The van der Waals surface area contributed by atoms with Crippen molar-refractivity contribution in [1.29, 1.82) is 0 Å². The van der Waals surface area contributed by atoms with E-state index in [4.69, 9.17) is 18.9 Å². The number of ether oxygens (including phenoxy) is 4. The molecule has 440 valence electrons. The molecule has 16 heteroatoms. The van der Waals surface area contributed by atoms with E-state index in [-0.39, 0.29) is 71.7 Å². The molecule has 1 aliphatic rings. The molecule has 4 aromatic rings. The fraction of sp³-hybridized carbons (Fsp3) is 0.562. The van der Waals surface area contributed by atoms with Crippen molar-refractivity contribution in [3.8, 4) is 23.0 Å². The van der Waals surface area contributed by atoms with Gasteiger partial charge in [-0.3, -0.25) is 19.2 Å². The second-order valence-electron chi connectivity index (χ2n) is 24.0. The van der Waals surface area contributed by atoms with Crippen LogP contribution < -0.4 is 18.9 Å². The van der Waals surface area contributed by atoms with E-state index >= 15 is 0 Å². The normalized spacial score (nSPS) is 12.8. The van der Waals surface area contributed by atoms with Crippen molar-refractivity contribution in [3.05, 3.63) is 70.8 Å². The van der Waals surface area contributed by atoms with Crippen LogP contribution in [0.5, 0.6) is 23.0 Å². The van der Waals surface area contributed by atoms with Crippen molar-refractivity contribution >= 4 is 70.7 Å². The van der Waals surface area contributed by atoms with Crippen molar-refractivity contribution in [2.24, 2.45) is 0 Å². The molecule has 0 unspecified atom stereocenters. The number of hydrogen-bond acceptors (Lipinski definition) is 12. The monoisotopic (exact) mass is 1170 g/mol. The average Bonchev–Trinajstić information content (AvgIpc) is 3.37. The van der Waals surface area contributed by atoms with Crippen molar-refractivity contribution in [2.45, 2.75) is 199 Å². The van der Waals surface area contributed by atoms with Crippen molar-refractivity contribution in [1.82, 2.24) is 19.6 Å². The Morgan fingerprint density at radius 1 is 0.300 bits per heavy atom. The third-order valence-electron chi connectivity index (χ3n) is 14.3. The predicted octanol–water partition coefficient (Wildman–Crippen LogP) is 14.8. The molecule has 0 radical (unpaired) electrons. The molecule has 0 aliphatic carbocycles. The number of likely N-dealkylation sites (N-methyl/N-ethyl adjacent to an activating group) is 4. The number of amides is 4. The Kier molecular flexibility index (Phi) is 23.2. The molecule has 0 spiro atoms. The van der Waals surface area contributed by atoms with Crippen LogP contribution in [0.3, 0.4) is 0 Å². The van der Waals surface area contributed by atoms with Gasteiger partial charge in [-0.2, -0.15) is 0 Å². The summed E-state index contributed by atoms with van der Waals surface area (Å²) in [5.41, 5.74) is 2.68. The molecule has 0 saturated carbocycles. The SMILES string of the molecule is CCN(CC)C(=O)COc1c2cc(C(C)(C)C)cc1Sc1cc(C(C)(C)C)cc(c1OCC(=O)N(CC)CC)Sc1cc(C(C)(C)C)cc(c1OCC(=O)N(CC)CC)Sc1cc(C(C)(C)C)cc(c1OCC(=O)N(CC)CC)S2. The lowest BCUT2D eigenvalue weighted by Crippen LogP contribution is -2.34. The Morgan fingerprint density at radius 2 is 0.438 bits per heavy atom. The van der Waals surface area contributed by atoms with Gasteiger partial charge in [-0.1, -0.05) is 130 Å². The summed E-state index contributed by atoms with van der Waals surface area (Å²) in [4.78, 5) is 69.3. The van der Waals surface area contributed by atoms with Crippen molar-refractivity contribution in [3.63, 3.8) is 0 Å². The van der Waals surface area contributed by atoms with Crippen LogP contribution in [0.15, 0.2) is 87.7 Å².